The number of hydrogen-bond donors (Lipinski definition) is 2. The third kappa shape index (κ3) is 3.91. The van der Waals surface area contributed by atoms with E-state index in [0.717, 1.165) is 18.6 Å². The number of benzene rings is 1. The smallest absolute Gasteiger partial charge is 0.240 e. The summed E-state index contributed by atoms with van der Waals surface area (Å²) in [7, 11) is -3.71. The largest absolute Gasteiger partial charge is 0.329 e. The maximum absolute atomic E-state index is 13.0. The third-order valence-electron chi connectivity index (χ3n) is 2.44. The van der Waals surface area contributed by atoms with Crippen LogP contribution in [0.5, 0.6) is 0 Å². The molecule has 4 nitrogen and oxygen atoms in total. The number of rotatable bonds is 6. The summed E-state index contributed by atoms with van der Waals surface area (Å²) in [4.78, 5) is -0.0662. The number of halogens is 2. The van der Waals surface area contributed by atoms with Crippen LogP contribution in [0.15, 0.2) is 23.1 Å². The van der Waals surface area contributed by atoms with Crippen LogP contribution in [0.1, 0.15) is 19.8 Å². The van der Waals surface area contributed by atoms with Gasteiger partial charge >= 0.3 is 0 Å². The molecule has 0 saturated carbocycles. The highest BCUT2D eigenvalue weighted by Gasteiger charge is 2.19. The Bertz CT molecular complexity index is 508. The fourth-order valence-electron chi connectivity index (χ4n) is 1.50. The Morgan fingerprint density at radius 3 is 2.67 bits per heavy atom. The second kappa shape index (κ2) is 6.47. The molecule has 0 radical (unpaired) electrons. The van der Waals surface area contributed by atoms with Gasteiger partial charge in [0.1, 0.15) is 5.82 Å². The number of hydrogen-bond acceptors (Lipinski definition) is 3. The fraction of sp³-hybridized carbons (Fsp3) is 0.455. The normalized spacial score (nSPS) is 13.6. The van der Waals surface area contributed by atoms with E-state index in [9.17, 15) is 12.8 Å². The van der Waals surface area contributed by atoms with Crippen molar-refractivity contribution in [3.05, 3.63) is 29.0 Å². The van der Waals surface area contributed by atoms with E-state index >= 15 is 0 Å². The van der Waals surface area contributed by atoms with E-state index in [0.29, 0.717) is 6.42 Å². The zero-order chi connectivity index (χ0) is 13.8. The molecule has 1 unspecified atom stereocenters. The van der Waals surface area contributed by atoms with Crippen molar-refractivity contribution in [3.63, 3.8) is 0 Å². The molecule has 0 aromatic heterocycles. The van der Waals surface area contributed by atoms with Gasteiger partial charge in [-0.25, -0.2) is 17.5 Å². The lowest BCUT2D eigenvalue weighted by atomic mass is 10.2. The van der Waals surface area contributed by atoms with Crippen LogP contribution < -0.4 is 10.5 Å². The molecule has 3 N–H and O–H groups in total. The van der Waals surface area contributed by atoms with Crippen LogP contribution in [0, 0.1) is 5.82 Å². The topological polar surface area (TPSA) is 72.2 Å². The average Bonchev–Trinajstić information content (AvgIpc) is 2.31. The minimum atomic E-state index is -3.71. The molecule has 1 rings (SSSR count). The summed E-state index contributed by atoms with van der Waals surface area (Å²) in [5, 5.41) is -0.224. The van der Waals surface area contributed by atoms with E-state index in [2.05, 4.69) is 4.72 Å². The van der Waals surface area contributed by atoms with Crippen molar-refractivity contribution in [2.75, 3.05) is 6.54 Å². The first kappa shape index (κ1) is 15.4. The first-order chi connectivity index (χ1) is 8.40. The van der Waals surface area contributed by atoms with Gasteiger partial charge in [-0.2, -0.15) is 0 Å². The maximum Gasteiger partial charge on any atom is 0.240 e. The molecule has 0 spiro atoms. The van der Waals surface area contributed by atoms with Crippen LogP contribution in [0.3, 0.4) is 0 Å². The first-order valence-electron chi connectivity index (χ1n) is 5.58. The summed E-state index contributed by atoms with van der Waals surface area (Å²) in [6, 6.07) is 2.94. The van der Waals surface area contributed by atoms with Gasteiger partial charge in [-0.15, -0.1) is 0 Å². The number of nitrogens with one attached hydrogen (secondary N) is 1. The van der Waals surface area contributed by atoms with Crippen LogP contribution in [-0.4, -0.2) is 21.0 Å². The average molecular weight is 295 g/mol. The monoisotopic (exact) mass is 294 g/mol. The fourth-order valence-corrected chi connectivity index (χ4v) is 3.06. The Balaban J connectivity index is 2.95. The summed E-state index contributed by atoms with van der Waals surface area (Å²) in [5.41, 5.74) is 5.49. The Morgan fingerprint density at radius 1 is 1.50 bits per heavy atom. The zero-order valence-electron chi connectivity index (χ0n) is 9.99. The molecule has 102 valence electrons. The van der Waals surface area contributed by atoms with Crippen LogP contribution in [0.25, 0.3) is 0 Å². The summed E-state index contributed by atoms with van der Waals surface area (Å²) < 4.78 is 39.4. The van der Waals surface area contributed by atoms with E-state index in [4.69, 9.17) is 17.3 Å². The highest BCUT2D eigenvalue weighted by molar-refractivity contribution is 7.89. The van der Waals surface area contributed by atoms with Gasteiger partial charge in [0.05, 0.1) is 9.92 Å². The van der Waals surface area contributed by atoms with Gasteiger partial charge in [0, 0.05) is 12.6 Å². The Hall–Kier alpha value is -0.690. The second-order valence-electron chi connectivity index (χ2n) is 3.92. The van der Waals surface area contributed by atoms with Gasteiger partial charge in [-0.05, 0) is 24.6 Å². The van der Waals surface area contributed by atoms with Crippen LogP contribution in [0.4, 0.5) is 4.39 Å². The summed E-state index contributed by atoms with van der Waals surface area (Å²) >= 11 is 5.56. The first-order valence-corrected chi connectivity index (χ1v) is 7.44. The summed E-state index contributed by atoms with van der Waals surface area (Å²) in [6.45, 7) is 2.15. The van der Waals surface area contributed by atoms with Crippen molar-refractivity contribution in [3.8, 4) is 0 Å². The van der Waals surface area contributed by atoms with E-state index in [1.165, 1.54) is 6.07 Å². The molecule has 0 saturated heterocycles. The summed E-state index contributed by atoms with van der Waals surface area (Å²) in [5.74, 6) is -0.653. The van der Waals surface area contributed by atoms with E-state index in [-0.39, 0.29) is 22.5 Å². The predicted molar refractivity (Wildman–Crippen MR) is 69.5 cm³/mol. The SMILES string of the molecule is CCCC(CN)NS(=O)(=O)c1ccc(F)c(Cl)c1. The highest BCUT2D eigenvalue weighted by Crippen LogP contribution is 2.19. The van der Waals surface area contributed by atoms with Gasteiger partial charge in [-0.3, -0.25) is 0 Å². The van der Waals surface area contributed by atoms with E-state index < -0.39 is 15.8 Å². The van der Waals surface area contributed by atoms with Crippen molar-refractivity contribution >= 4 is 21.6 Å². The molecular weight excluding hydrogens is 279 g/mol. The molecule has 0 bridgehead atoms. The maximum atomic E-state index is 13.0. The molecule has 1 atom stereocenters. The van der Waals surface area contributed by atoms with Gasteiger partial charge in [0.25, 0.3) is 0 Å². The lowest BCUT2D eigenvalue weighted by Crippen LogP contribution is -2.40. The van der Waals surface area contributed by atoms with Crippen LogP contribution in [-0.2, 0) is 10.0 Å². The van der Waals surface area contributed by atoms with Crippen molar-refractivity contribution in [1.29, 1.82) is 0 Å². The highest BCUT2D eigenvalue weighted by atomic mass is 35.5. The van der Waals surface area contributed by atoms with Gasteiger partial charge in [-0.1, -0.05) is 24.9 Å². The minimum absolute atomic E-state index is 0.0662. The summed E-state index contributed by atoms with van der Waals surface area (Å²) in [6.07, 6.45) is 1.46. The Kier molecular flexibility index (Phi) is 5.52. The lowest BCUT2D eigenvalue weighted by Gasteiger charge is -2.16. The van der Waals surface area contributed by atoms with Crippen molar-refractivity contribution in [2.24, 2.45) is 5.73 Å². The molecule has 0 fully saturated rings. The van der Waals surface area contributed by atoms with E-state index in [1.807, 2.05) is 6.92 Å². The predicted octanol–water partition coefficient (Wildman–Crippen LogP) is 1.88. The molecule has 0 heterocycles. The quantitative estimate of drug-likeness (QED) is 0.841. The molecule has 0 amide bonds. The molecule has 0 aliphatic rings. The van der Waals surface area contributed by atoms with Crippen LogP contribution in [0.2, 0.25) is 5.02 Å². The Morgan fingerprint density at radius 2 is 2.17 bits per heavy atom. The van der Waals surface area contributed by atoms with Gasteiger partial charge < -0.3 is 5.73 Å². The van der Waals surface area contributed by atoms with Crippen molar-refractivity contribution < 1.29 is 12.8 Å². The van der Waals surface area contributed by atoms with E-state index in [1.54, 1.807) is 0 Å². The molecule has 1 aromatic rings. The molecule has 0 aliphatic heterocycles. The third-order valence-corrected chi connectivity index (χ3v) is 4.25. The van der Waals surface area contributed by atoms with Crippen LogP contribution >= 0.6 is 11.6 Å². The zero-order valence-corrected chi connectivity index (χ0v) is 11.6. The molecule has 18 heavy (non-hydrogen) atoms. The molecule has 1 aromatic carbocycles. The van der Waals surface area contributed by atoms with Crippen molar-refractivity contribution in [2.45, 2.75) is 30.7 Å². The molecule has 7 heteroatoms. The van der Waals surface area contributed by atoms with Crippen molar-refractivity contribution in [1.82, 2.24) is 4.72 Å². The standard InChI is InChI=1S/C11H16ClFN2O2S/c1-2-3-8(7-14)15-18(16,17)9-4-5-11(13)10(12)6-9/h4-6,8,15H,2-3,7,14H2,1H3. The number of nitrogens with two attached hydrogens (primary N) is 1. The Labute approximate surface area is 111 Å². The minimum Gasteiger partial charge on any atom is -0.329 e. The number of sulfonamides is 1. The van der Waals surface area contributed by atoms with Gasteiger partial charge in [0.2, 0.25) is 10.0 Å². The second-order valence-corrected chi connectivity index (χ2v) is 6.04. The molecular formula is C11H16ClFN2O2S. The van der Waals surface area contributed by atoms with Gasteiger partial charge in [0.15, 0.2) is 0 Å². The lowest BCUT2D eigenvalue weighted by molar-refractivity contribution is 0.527. The molecule has 0 aliphatic carbocycles.